The smallest absolute Gasteiger partial charge is 0.247 e. The van der Waals surface area contributed by atoms with Gasteiger partial charge in [-0.15, -0.1) is 10.2 Å². The van der Waals surface area contributed by atoms with E-state index in [0.717, 1.165) is 31.7 Å². The molecule has 1 fully saturated rings. The van der Waals surface area contributed by atoms with E-state index in [1.807, 2.05) is 30.3 Å². The molecule has 0 saturated carbocycles. The summed E-state index contributed by atoms with van der Waals surface area (Å²) in [6.07, 6.45) is 0. The fourth-order valence-corrected chi connectivity index (χ4v) is 3.53. The molecule has 0 bridgehead atoms. The van der Waals surface area contributed by atoms with Gasteiger partial charge in [-0.2, -0.15) is 0 Å². The third-order valence-corrected chi connectivity index (χ3v) is 5.14. The molecule has 1 aromatic heterocycles. The maximum atomic E-state index is 5.94. The van der Waals surface area contributed by atoms with Crippen LogP contribution in [0.2, 0.25) is 0 Å². The highest BCUT2D eigenvalue weighted by molar-refractivity contribution is 5.53. The first-order valence-corrected chi connectivity index (χ1v) is 9.16. The molecule has 0 spiro atoms. The van der Waals surface area contributed by atoms with Crippen LogP contribution in [0.3, 0.4) is 0 Å². The van der Waals surface area contributed by atoms with Gasteiger partial charge in [0.05, 0.1) is 6.04 Å². The minimum atomic E-state index is 0.124. The highest BCUT2D eigenvalue weighted by Crippen LogP contribution is 2.26. The number of piperazine rings is 1. The van der Waals surface area contributed by atoms with Crippen molar-refractivity contribution in [2.75, 3.05) is 31.1 Å². The highest BCUT2D eigenvalue weighted by atomic mass is 16.4. The van der Waals surface area contributed by atoms with E-state index in [2.05, 4.69) is 58.1 Å². The number of rotatable bonds is 4. The van der Waals surface area contributed by atoms with Gasteiger partial charge >= 0.3 is 0 Å². The van der Waals surface area contributed by atoms with Gasteiger partial charge in [-0.3, -0.25) is 4.90 Å². The Hall–Kier alpha value is -2.66. The second kappa shape index (κ2) is 7.30. The second-order valence-electron chi connectivity index (χ2n) is 6.80. The molecule has 26 heavy (non-hydrogen) atoms. The summed E-state index contributed by atoms with van der Waals surface area (Å²) in [4.78, 5) is 4.87. The lowest BCUT2D eigenvalue weighted by Gasteiger charge is -2.38. The molecule has 0 aliphatic carbocycles. The summed E-state index contributed by atoms with van der Waals surface area (Å²) < 4.78 is 5.94. The Balaban J connectivity index is 1.42. The summed E-state index contributed by atoms with van der Waals surface area (Å²) >= 11 is 0. The molecule has 1 aliphatic rings. The molecule has 3 aromatic rings. The van der Waals surface area contributed by atoms with E-state index < -0.39 is 0 Å². The van der Waals surface area contributed by atoms with Crippen LogP contribution in [0.1, 0.15) is 24.4 Å². The van der Waals surface area contributed by atoms with Crippen molar-refractivity contribution in [3.63, 3.8) is 0 Å². The summed E-state index contributed by atoms with van der Waals surface area (Å²) in [5.41, 5.74) is 3.63. The normalized spacial score (nSPS) is 16.6. The lowest BCUT2D eigenvalue weighted by atomic mass is 10.1. The van der Waals surface area contributed by atoms with E-state index >= 15 is 0 Å². The quantitative estimate of drug-likeness (QED) is 0.715. The molecule has 4 rings (SSSR count). The van der Waals surface area contributed by atoms with Crippen LogP contribution in [0, 0.1) is 6.92 Å². The largest absolute Gasteiger partial charge is 0.419 e. The Labute approximate surface area is 154 Å². The number of hydrogen-bond acceptors (Lipinski definition) is 5. The van der Waals surface area contributed by atoms with E-state index in [-0.39, 0.29) is 6.04 Å². The number of aromatic nitrogens is 2. The highest BCUT2D eigenvalue weighted by Gasteiger charge is 2.26. The predicted octanol–water partition coefficient (Wildman–Crippen LogP) is 3.93. The molecular formula is C21H24N4O. The van der Waals surface area contributed by atoms with Crippen LogP contribution in [0.15, 0.2) is 59.0 Å². The van der Waals surface area contributed by atoms with E-state index in [4.69, 9.17) is 4.42 Å². The van der Waals surface area contributed by atoms with Gasteiger partial charge in [-0.25, -0.2) is 0 Å². The fraction of sp³-hybridized carbons (Fsp3) is 0.333. The van der Waals surface area contributed by atoms with Crippen LogP contribution in [0.4, 0.5) is 5.69 Å². The Morgan fingerprint density at radius 1 is 0.885 bits per heavy atom. The lowest BCUT2D eigenvalue weighted by molar-refractivity contribution is 0.173. The van der Waals surface area contributed by atoms with E-state index in [0.29, 0.717) is 11.8 Å². The Bertz CT molecular complexity index is 853. The van der Waals surface area contributed by atoms with Crippen molar-refractivity contribution in [2.24, 2.45) is 0 Å². The number of hydrogen-bond donors (Lipinski definition) is 0. The molecule has 0 amide bonds. The molecule has 1 unspecified atom stereocenters. The standard InChI is InChI=1S/C21H24N4O/c1-16-8-6-7-11-19(16)25-14-12-24(13-15-25)17(2)20-22-23-21(26-20)18-9-4-3-5-10-18/h3-11,17H,12-15H2,1-2H3. The van der Waals surface area contributed by atoms with Gasteiger partial charge in [0.25, 0.3) is 0 Å². The van der Waals surface area contributed by atoms with Gasteiger partial charge in [-0.05, 0) is 37.6 Å². The van der Waals surface area contributed by atoms with Crippen LogP contribution in [-0.2, 0) is 0 Å². The number of para-hydroxylation sites is 1. The SMILES string of the molecule is Cc1ccccc1N1CCN(C(C)c2nnc(-c3ccccc3)o2)CC1. The summed E-state index contributed by atoms with van der Waals surface area (Å²) in [5, 5.41) is 8.51. The van der Waals surface area contributed by atoms with Crippen LogP contribution < -0.4 is 4.90 Å². The van der Waals surface area contributed by atoms with Gasteiger partial charge < -0.3 is 9.32 Å². The minimum absolute atomic E-state index is 0.124. The molecule has 1 aliphatic heterocycles. The molecule has 1 saturated heterocycles. The van der Waals surface area contributed by atoms with Crippen LogP contribution >= 0.6 is 0 Å². The Morgan fingerprint density at radius 2 is 1.58 bits per heavy atom. The van der Waals surface area contributed by atoms with Gasteiger partial charge in [0.1, 0.15) is 0 Å². The average Bonchev–Trinajstić information content (AvgIpc) is 3.19. The topological polar surface area (TPSA) is 45.4 Å². The van der Waals surface area contributed by atoms with Gasteiger partial charge in [0.2, 0.25) is 11.8 Å². The molecule has 5 nitrogen and oxygen atoms in total. The maximum absolute atomic E-state index is 5.94. The average molecular weight is 348 g/mol. The van der Waals surface area contributed by atoms with Crippen molar-refractivity contribution in [1.29, 1.82) is 0 Å². The van der Waals surface area contributed by atoms with E-state index in [1.54, 1.807) is 0 Å². The minimum Gasteiger partial charge on any atom is -0.419 e. The first kappa shape index (κ1) is 16.8. The fourth-order valence-electron chi connectivity index (χ4n) is 3.53. The van der Waals surface area contributed by atoms with Crippen molar-refractivity contribution < 1.29 is 4.42 Å². The monoisotopic (exact) mass is 348 g/mol. The molecule has 1 atom stereocenters. The molecule has 2 heterocycles. The third-order valence-electron chi connectivity index (χ3n) is 5.14. The van der Waals surface area contributed by atoms with Crippen LogP contribution in [-0.4, -0.2) is 41.3 Å². The Morgan fingerprint density at radius 3 is 2.31 bits per heavy atom. The van der Waals surface area contributed by atoms with Crippen LogP contribution in [0.5, 0.6) is 0 Å². The van der Waals surface area contributed by atoms with Crippen molar-refractivity contribution in [1.82, 2.24) is 15.1 Å². The first-order chi connectivity index (χ1) is 12.7. The molecule has 0 N–H and O–H groups in total. The van der Waals surface area contributed by atoms with Crippen LogP contribution in [0.25, 0.3) is 11.5 Å². The first-order valence-electron chi connectivity index (χ1n) is 9.16. The van der Waals surface area contributed by atoms with E-state index in [9.17, 15) is 0 Å². The summed E-state index contributed by atoms with van der Waals surface area (Å²) in [6.45, 7) is 8.31. The molecular weight excluding hydrogens is 324 g/mol. The second-order valence-corrected chi connectivity index (χ2v) is 6.80. The number of nitrogens with zero attached hydrogens (tertiary/aromatic N) is 4. The lowest BCUT2D eigenvalue weighted by Crippen LogP contribution is -2.47. The number of anilines is 1. The summed E-state index contributed by atoms with van der Waals surface area (Å²) in [5.74, 6) is 1.28. The molecule has 134 valence electrons. The molecule has 0 radical (unpaired) electrons. The number of benzene rings is 2. The molecule has 5 heteroatoms. The van der Waals surface area contributed by atoms with Crippen molar-refractivity contribution in [3.05, 3.63) is 66.1 Å². The van der Waals surface area contributed by atoms with Crippen molar-refractivity contribution >= 4 is 5.69 Å². The zero-order chi connectivity index (χ0) is 17.9. The van der Waals surface area contributed by atoms with Crippen molar-refractivity contribution in [2.45, 2.75) is 19.9 Å². The number of aryl methyl sites for hydroxylation is 1. The summed E-state index contributed by atoms with van der Waals surface area (Å²) in [6, 6.07) is 18.6. The zero-order valence-corrected chi connectivity index (χ0v) is 15.3. The molecule has 2 aromatic carbocycles. The third kappa shape index (κ3) is 3.35. The Kier molecular flexibility index (Phi) is 4.71. The summed E-state index contributed by atoms with van der Waals surface area (Å²) in [7, 11) is 0. The van der Waals surface area contributed by atoms with Crippen molar-refractivity contribution in [3.8, 4) is 11.5 Å². The van der Waals surface area contributed by atoms with Gasteiger partial charge in [0.15, 0.2) is 0 Å². The van der Waals surface area contributed by atoms with E-state index in [1.165, 1.54) is 11.3 Å². The predicted molar refractivity (Wildman–Crippen MR) is 103 cm³/mol. The zero-order valence-electron chi connectivity index (χ0n) is 15.3. The maximum Gasteiger partial charge on any atom is 0.247 e. The van der Waals surface area contributed by atoms with Gasteiger partial charge in [0, 0.05) is 37.4 Å². The van der Waals surface area contributed by atoms with Gasteiger partial charge in [-0.1, -0.05) is 36.4 Å².